The van der Waals surface area contributed by atoms with E-state index in [9.17, 15) is 13.2 Å². The van der Waals surface area contributed by atoms with E-state index < -0.39 is 16.0 Å². The second-order valence-corrected chi connectivity index (χ2v) is 8.04. The first kappa shape index (κ1) is 18.1. The van der Waals surface area contributed by atoms with Crippen molar-refractivity contribution in [3.8, 4) is 0 Å². The number of sulfonamides is 1. The van der Waals surface area contributed by atoms with Gasteiger partial charge in [0.15, 0.2) is 0 Å². The zero-order valence-electron chi connectivity index (χ0n) is 14.4. The normalized spacial score (nSPS) is 16.8. The zero-order chi connectivity index (χ0) is 18.7. The quantitative estimate of drug-likeness (QED) is 0.613. The largest absolute Gasteiger partial charge is 0.431 e. The average molecular weight is 369 g/mol. The molecule has 0 aliphatic carbocycles. The smallest absolute Gasteiger partial charge is 0.342 e. The molecule has 0 spiro atoms. The van der Waals surface area contributed by atoms with Gasteiger partial charge < -0.3 is 4.74 Å². The third-order valence-corrected chi connectivity index (χ3v) is 5.95. The number of nitrogens with zero attached hydrogens (tertiary/aromatic N) is 1. The Labute approximate surface area is 153 Å². The van der Waals surface area contributed by atoms with E-state index in [-0.39, 0.29) is 18.0 Å². The molecule has 1 aliphatic rings. The van der Waals surface area contributed by atoms with Crippen LogP contribution in [0.1, 0.15) is 15.9 Å². The van der Waals surface area contributed by atoms with Crippen LogP contribution in [-0.2, 0) is 14.8 Å². The lowest BCUT2D eigenvalue weighted by Crippen LogP contribution is -2.28. The Hall–Kier alpha value is -2.70. The highest BCUT2D eigenvalue weighted by Gasteiger charge is 2.32. The summed E-state index contributed by atoms with van der Waals surface area (Å²) in [6.07, 6.45) is 1.29. The molecule has 3 rings (SSSR count). The van der Waals surface area contributed by atoms with Crippen LogP contribution >= 0.6 is 0 Å². The first-order valence-electron chi connectivity index (χ1n) is 8.08. The molecule has 0 radical (unpaired) electrons. The molecule has 0 bridgehead atoms. The molecule has 2 aromatic carbocycles. The summed E-state index contributed by atoms with van der Waals surface area (Å²) in [6, 6.07) is 15.3. The second-order valence-electron chi connectivity index (χ2n) is 6.10. The van der Waals surface area contributed by atoms with Crippen LogP contribution in [0.5, 0.6) is 0 Å². The number of hydrogen-bond acceptors (Lipinski definition) is 4. The van der Waals surface area contributed by atoms with Crippen LogP contribution < -0.4 is 0 Å². The predicted octanol–water partition coefficient (Wildman–Crippen LogP) is 3.30. The van der Waals surface area contributed by atoms with Gasteiger partial charge in [-0.3, -0.25) is 0 Å². The molecule has 1 heterocycles. The van der Waals surface area contributed by atoms with Crippen molar-refractivity contribution in [3.63, 3.8) is 0 Å². The van der Waals surface area contributed by atoms with Gasteiger partial charge in [-0.1, -0.05) is 42.5 Å². The average Bonchev–Trinajstić information content (AvgIpc) is 3.02. The summed E-state index contributed by atoms with van der Waals surface area (Å²) in [5.41, 5.74) is 2.62. The van der Waals surface area contributed by atoms with E-state index in [2.05, 4.69) is 6.58 Å². The van der Waals surface area contributed by atoms with E-state index in [0.29, 0.717) is 16.7 Å². The summed E-state index contributed by atoms with van der Waals surface area (Å²) in [5.74, 6) is -0.495. The molecule has 5 nitrogen and oxygen atoms in total. The molecule has 0 saturated carbocycles. The topological polar surface area (TPSA) is 63.7 Å². The molecule has 0 N–H and O–H groups in total. The minimum atomic E-state index is -3.62. The standard InChI is InChI=1S/C20H19NO4S/c1-15-8-10-19(11-9-15)26(23,24)21-12-16(2)18(13-21)14-25-20(22)17-6-4-3-5-7-17/h3-11,14H,2,12-13H2,1H3/b18-14+. The van der Waals surface area contributed by atoms with Crippen LogP contribution in [0, 0.1) is 6.92 Å². The van der Waals surface area contributed by atoms with Gasteiger partial charge in [-0.25, -0.2) is 13.2 Å². The van der Waals surface area contributed by atoms with Gasteiger partial charge in [0.2, 0.25) is 10.0 Å². The van der Waals surface area contributed by atoms with Crippen LogP contribution in [0.3, 0.4) is 0 Å². The van der Waals surface area contributed by atoms with Crippen LogP contribution in [0.15, 0.2) is 83.5 Å². The maximum Gasteiger partial charge on any atom is 0.342 e. The Kier molecular flexibility index (Phi) is 5.06. The van der Waals surface area contributed by atoms with Crippen molar-refractivity contribution in [2.45, 2.75) is 11.8 Å². The van der Waals surface area contributed by atoms with E-state index in [1.54, 1.807) is 48.5 Å². The Morgan fingerprint density at radius 3 is 2.38 bits per heavy atom. The molecule has 1 saturated heterocycles. The summed E-state index contributed by atoms with van der Waals surface area (Å²) in [5, 5.41) is 0. The predicted molar refractivity (Wildman–Crippen MR) is 99.0 cm³/mol. The molecule has 0 unspecified atom stereocenters. The number of carbonyl (C=O) groups excluding carboxylic acids is 1. The molecular formula is C20H19NO4S. The molecule has 0 aromatic heterocycles. The monoisotopic (exact) mass is 369 g/mol. The molecule has 134 valence electrons. The number of hydrogen-bond donors (Lipinski definition) is 0. The van der Waals surface area contributed by atoms with Crippen molar-refractivity contribution in [2.75, 3.05) is 13.1 Å². The van der Waals surface area contributed by atoms with Crippen molar-refractivity contribution in [1.29, 1.82) is 0 Å². The SMILES string of the molecule is C=C1CN(S(=O)(=O)c2ccc(C)cc2)C/C1=C\OC(=O)c1ccccc1. The summed E-state index contributed by atoms with van der Waals surface area (Å²) >= 11 is 0. The maximum atomic E-state index is 12.7. The molecule has 6 heteroatoms. The third kappa shape index (κ3) is 3.76. The van der Waals surface area contributed by atoms with E-state index in [1.165, 1.54) is 10.6 Å². The summed E-state index contributed by atoms with van der Waals surface area (Å²) in [4.78, 5) is 12.2. The summed E-state index contributed by atoms with van der Waals surface area (Å²) < 4.78 is 32.0. The Morgan fingerprint density at radius 2 is 1.73 bits per heavy atom. The lowest BCUT2D eigenvalue weighted by Gasteiger charge is -2.15. The minimum Gasteiger partial charge on any atom is -0.431 e. The molecule has 2 aromatic rings. The lowest BCUT2D eigenvalue weighted by molar-refractivity contribution is 0.0661. The van der Waals surface area contributed by atoms with Gasteiger partial charge in [-0.05, 0) is 36.8 Å². The Balaban J connectivity index is 1.74. The molecule has 1 fully saturated rings. The van der Waals surface area contributed by atoms with E-state index in [0.717, 1.165) is 5.56 Å². The highest BCUT2D eigenvalue weighted by atomic mass is 32.2. The van der Waals surface area contributed by atoms with Crippen LogP contribution in [0.2, 0.25) is 0 Å². The fraction of sp³-hybridized carbons (Fsp3) is 0.150. The number of rotatable bonds is 4. The fourth-order valence-corrected chi connectivity index (χ4v) is 4.00. The van der Waals surface area contributed by atoms with E-state index in [1.807, 2.05) is 13.0 Å². The third-order valence-electron chi connectivity index (χ3n) is 4.14. The molecule has 1 aliphatic heterocycles. The zero-order valence-corrected chi connectivity index (χ0v) is 15.2. The van der Waals surface area contributed by atoms with Crippen molar-refractivity contribution in [1.82, 2.24) is 4.31 Å². The number of carbonyl (C=O) groups is 1. The van der Waals surface area contributed by atoms with E-state index in [4.69, 9.17) is 4.74 Å². The highest BCUT2D eigenvalue weighted by Crippen LogP contribution is 2.27. The van der Waals surface area contributed by atoms with Gasteiger partial charge in [0.25, 0.3) is 0 Å². The van der Waals surface area contributed by atoms with Crippen LogP contribution in [-0.4, -0.2) is 31.8 Å². The van der Waals surface area contributed by atoms with Crippen molar-refractivity contribution in [2.24, 2.45) is 0 Å². The first-order valence-corrected chi connectivity index (χ1v) is 9.52. The van der Waals surface area contributed by atoms with Crippen molar-refractivity contribution in [3.05, 3.63) is 89.7 Å². The molecular weight excluding hydrogens is 350 g/mol. The molecule has 0 atom stereocenters. The molecule has 0 amide bonds. The second kappa shape index (κ2) is 7.27. The lowest BCUT2D eigenvalue weighted by atomic mass is 10.2. The maximum absolute atomic E-state index is 12.7. The number of aryl methyl sites for hydroxylation is 1. The van der Waals surface area contributed by atoms with Crippen LogP contribution in [0.4, 0.5) is 0 Å². The van der Waals surface area contributed by atoms with Crippen molar-refractivity contribution >= 4 is 16.0 Å². The van der Waals surface area contributed by atoms with Gasteiger partial charge in [-0.2, -0.15) is 4.31 Å². The molecule has 26 heavy (non-hydrogen) atoms. The van der Waals surface area contributed by atoms with E-state index >= 15 is 0 Å². The summed E-state index contributed by atoms with van der Waals surface area (Å²) in [7, 11) is -3.62. The number of esters is 1. The highest BCUT2D eigenvalue weighted by molar-refractivity contribution is 7.89. The van der Waals surface area contributed by atoms with Gasteiger partial charge in [0.05, 0.1) is 16.7 Å². The summed E-state index contributed by atoms with van der Waals surface area (Å²) in [6.45, 7) is 6.08. The van der Waals surface area contributed by atoms with Gasteiger partial charge in [0.1, 0.15) is 0 Å². The minimum absolute atomic E-state index is 0.122. The van der Waals surface area contributed by atoms with Crippen molar-refractivity contribution < 1.29 is 17.9 Å². The van der Waals surface area contributed by atoms with Gasteiger partial charge in [0, 0.05) is 18.7 Å². The number of ether oxygens (including phenoxy) is 1. The Bertz CT molecular complexity index is 961. The first-order chi connectivity index (χ1) is 12.4. The van der Waals surface area contributed by atoms with Crippen LogP contribution in [0.25, 0.3) is 0 Å². The van der Waals surface area contributed by atoms with Gasteiger partial charge in [-0.15, -0.1) is 0 Å². The fourth-order valence-electron chi connectivity index (χ4n) is 2.59. The number of benzene rings is 2. The Morgan fingerprint density at radius 1 is 1.08 bits per heavy atom. The van der Waals surface area contributed by atoms with Gasteiger partial charge >= 0.3 is 5.97 Å².